The van der Waals surface area contributed by atoms with E-state index in [1.807, 2.05) is 36.4 Å². The Hall–Kier alpha value is -3.92. The second-order valence-corrected chi connectivity index (χ2v) is 10.5. The van der Waals surface area contributed by atoms with Gasteiger partial charge in [0, 0.05) is 5.41 Å². The number of rotatable bonds is 2. The van der Waals surface area contributed by atoms with Gasteiger partial charge in [0.15, 0.2) is 0 Å². The van der Waals surface area contributed by atoms with Crippen LogP contribution in [-0.2, 0) is 5.41 Å². The quantitative estimate of drug-likeness (QED) is 0.204. The van der Waals surface area contributed by atoms with Gasteiger partial charge in [0.05, 0.1) is 0 Å². The molecule has 4 nitrogen and oxygen atoms in total. The van der Waals surface area contributed by atoms with E-state index < -0.39 is 0 Å². The number of phenols is 4. The van der Waals surface area contributed by atoms with E-state index in [9.17, 15) is 10.2 Å². The van der Waals surface area contributed by atoms with E-state index in [-0.39, 0.29) is 5.41 Å². The lowest BCUT2D eigenvalue weighted by molar-refractivity contribution is 0.381. The second-order valence-electron chi connectivity index (χ2n) is 10.5. The van der Waals surface area contributed by atoms with Crippen LogP contribution in [0, 0.1) is 0 Å². The first-order valence-corrected chi connectivity index (χ1v) is 14.6. The summed E-state index contributed by atoms with van der Waals surface area (Å²) in [7, 11) is 0. The fourth-order valence-electron chi connectivity index (χ4n) is 5.38. The molecule has 0 radical (unpaired) electrons. The van der Waals surface area contributed by atoms with E-state index in [1.54, 1.807) is 48.5 Å². The van der Waals surface area contributed by atoms with Gasteiger partial charge >= 0.3 is 0 Å². The Balaban J connectivity index is 0.000000255. The molecule has 0 aromatic heterocycles. The van der Waals surface area contributed by atoms with Gasteiger partial charge in [-0.15, -0.1) is 0 Å². The van der Waals surface area contributed by atoms with Crippen LogP contribution in [0.2, 0.25) is 0 Å². The number of phenolic OH excluding ortho intramolecular Hbond substituents is 4. The average Bonchev–Trinajstić information content (AvgIpc) is 2.96. The van der Waals surface area contributed by atoms with Gasteiger partial charge in [-0.05, 0) is 72.5 Å². The van der Waals surface area contributed by atoms with Gasteiger partial charge in [-0.1, -0.05) is 118 Å². The summed E-state index contributed by atoms with van der Waals surface area (Å²) in [5.74, 6) is 1.29. The minimum absolute atomic E-state index is 0.0272. The molecule has 5 rings (SSSR count). The molecule has 0 spiro atoms. The normalized spacial score (nSPS) is 15.5. The van der Waals surface area contributed by atoms with Gasteiger partial charge in [0.25, 0.3) is 0 Å². The fourth-order valence-corrected chi connectivity index (χ4v) is 5.38. The number of hydrogen-bond donors (Lipinski definition) is 4. The summed E-state index contributed by atoms with van der Waals surface area (Å²) < 4.78 is 0. The van der Waals surface area contributed by atoms with Gasteiger partial charge in [-0.3, -0.25) is 0 Å². The van der Waals surface area contributed by atoms with Crippen molar-refractivity contribution in [3.05, 3.63) is 120 Å². The number of hydrogen-bond acceptors (Lipinski definition) is 4. The topological polar surface area (TPSA) is 80.9 Å². The second kappa shape index (κ2) is 16.9. The van der Waals surface area contributed by atoms with E-state index in [4.69, 9.17) is 10.2 Å². The van der Waals surface area contributed by atoms with Crippen molar-refractivity contribution in [2.45, 2.75) is 76.0 Å². The molecule has 4 heteroatoms. The van der Waals surface area contributed by atoms with Crippen LogP contribution in [-0.4, -0.2) is 20.4 Å². The van der Waals surface area contributed by atoms with Crippen molar-refractivity contribution in [2.24, 2.45) is 0 Å². The molecule has 212 valence electrons. The van der Waals surface area contributed by atoms with Gasteiger partial charge in [0.2, 0.25) is 0 Å². The molecule has 0 amide bonds. The Bertz CT molecular complexity index is 1090. The van der Waals surface area contributed by atoms with Crippen molar-refractivity contribution >= 4 is 0 Å². The van der Waals surface area contributed by atoms with Gasteiger partial charge < -0.3 is 20.4 Å². The average molecular weight is 541 g/mol. The molecule has 4 aromatic rings. The summed E-state index contributed by atoms with van der Waals surface area (Å²) in [6, 6.07) is 33.0. The first-order valence-electron chi connectivity index (χ1n) is 14.6. The standard InChI is InChI=1S/C24H32O2.2C6H6O/c25-22-14-10-20(11-15-22)24(21-12-16-23(26)17-13-21)18-8-6-4-2-1-3-5-7-9-19-24;2*7-6-4-2-1-3-5-6/h10-17,25-26H,1-9,18-19H2;2*1-5,7H. The first-order chi connectivity index (χ1) is 19.5. The first kappa shape index (κ1) is 30.6. The van der Waals surface area contributed by atoms with E-state index in [0.29, 0.717) is 23.0 Å². The highest BCUT2D eigenvalue weighted by molar-refractivity contribution is 5.43. The molecule has 4 aromatic carbocycles. The van der Waals surface area contributed by atoms with Crippen molar-refractivity contribution in [1.29, 1.82) is 0 Å². The van der Waals surface area contributed by atoms with Crippen molar-refractivity contribution in [1.82, 2.24) is 0 Å². The van der Waals surface area contributed by atoms with Gasteiger partial charge in [-0.2, -0.15) is 0 Å². The summed E-state index contributed by atoms with van der Waals surface area (Å²) in [5.41, 5.74) is 2.55. The number of aromatic hydroxyl groups is 4. The predicted octanol–water partition coefficient (Wildman–Crippen LogP) is 9.47. The summed E-state index contributed by atoms with van der Waals surface area (Å²) in [6.45, 7) is 0. The van der Waals surface area contributed by atoms with E-state index >= 15 is 0 Å². The maximum absolute atomic E-state index is 9.76. The number of para-hydroxylation sites is 2. The van der Waals surface area contributed by atoms with E-state index in [1.165, 1.54) is 68.9 Å². The number of benzene rings is 4. The minimum atomic E-state index is -0.0272. The highest BCUT2D eigenvalue weighted by Gasteiger charge is 2.33. The molecular weight excluding hydrogens is 496 g/mol. The van der Waals surface area contributed by atoms with Crippen LogP contribution in [0.5, 0.6) is 23.0 Å². The van der Waals surface area contributed by atoms with Crippen molar-refractivity contribution in [3.63, 3.8) is 0 Å². The third kappa shape index (κ3) is 10.3. The molecule has 0 heterocycles. The maximum Gasteiger partial charge on any atom is 0.115 e. The molecule has 0 unspecified atom stereocenters. The minimum Gasteiger partial charge on any atom is -0.508 e. The molecule has 0 saturated heterocycles. The molecular formula is C36H44O4. The van der Waals surface area contributed by atoms with Crippen LogP contribution in [0.15, 0.2) is 109 Å². The zero-order chi connectivity index (χ0) is 28.5. The van der Waals surface area contributed by atoms with Gasteiger partial charge in [-0.25, -0.2) is 0 Å². The molecule has 1 aliphatic rings. The summed E-state index contributed by atoms with van der Waals surface area (Å²) in [5, 5.41) is 36.8. The molecule has 1 saturated carbocycles. The van der Waals surface area contributed by atoms with Crippen molar-refractivity contribution < 1.29 is 20.4 Å². The predicted molar refractivity (Wildman–Crippen MR) is 164 cm³/mol. The fraction of sp³-hybridized carbons (Fsp3) is 0.333. The highest BCUT2D eigenvalue weighted by atomic mass is 16.3. The maximum atomic E-state index is 9.76. The van der Waals surface area contributed by atoms with Crippen molar-refractivity contribution in [3.8, 4) is 23.0 Å². The zero-order valence-corrected chi connectivity index (χ0v) is 23.5. The molecule has 1 aliphatic carbocycles. The van der Waals surface area contributed by atoms with Gasteiger partial charge in [0.1, 0.15) is 23.0 Å². The third-order valence-electron chi connectivity index (χ3n) is 7.56. The highest BCUT2D eigenvalue weighted by Crippen LogP contribution is 2.43. The SMILES string of the molecule is Oc1ccc(C2(c3ccc(O)cc3)CCCCCCCCCCC2)cc1.Oc1ccccc1.Oc1ccccc1. The van der Waals surface area contributed by atoms with E-state index in [2.05, 4.69) is 24.3 Å². The molecule has 0 bridgehead atoms. The Morgan fingerprint density at radius 1 is 0.325 bits per heavy atom. The van der Waals surface area contributed by atoms with E-state index in [0.717, 1.165) is 12.8 Å². The van der Waals surface area contributed by atoms with Crippen molar-refractivity contribution in [2.75, 3.05) is 0 Å². The Labute approximate surface area is 239 Å². The lowest BCUT2D eigenvalue weighted by Crippen LogP contribution is -2.28. The Kier molecular flexibility index (Phi) is 12.9. The molecule has 40 heavy (non-hydrogen) atoms. The molecule has 1 fully saturated rings. The lowest BCUT2D eigenvalue weighted by Gasteiger charge is -2.36. The molecule has 0 atom stereocenters. The smallest absolute Gasteiger partial charge is 0.115 e. The third-order valence-corrected chi connectivity index (χ3v) is 7.56. The van der Waals surface area contributed by atoms with Crippen LogP contribution < -0.4 is 0 Å². The monoisotopic (exact) mass is 540 g/mol. The summed E-state index contributed by atoms with van der Waals surface area (Å²) in [6.07, 6.45) is 14.1. The largest absolute Gasteiger partial charge is 0.508 e. The van der Waals surface area contributed by atoms with Crippen LogP contribution in [0.3, 0.4) is 0 Å². The van der Waals surface area contributed by atoms with Crippen LogP contribution in [0.1, 0.15) is 81.8 Å². The van der Waals surface area contributed by atoms with Crippen LogP contribution in [0.4, 0.5) is 0 Å². The summed E-state index contributed by atoms with van der Waals surface area (Å²) >= 11 is 0. The lowest BCUT2D eigenvalue weighted by atomic mass is 9.67. The zero-order valence-electron chi connectivity index (χ0n) is 23.5. The molecule has 4 N–H and O–H groups in total. The Morgan fingerprint density at radius 3 is 0.875 bits per heavy atom. The van der Waals surface area contributed by atoms with Crippen LogP contribution >= 0.6 is 0 Å². The molecule has 0 aliphatic heterocycles. The Morgan fingerprint density at radius 2 is 0.600 bits per heavy atom. The van der Waals surface area contributed by atoms with Crippen LogP contribution in [0.25, 0.3) is 0 Å². The summed E-state index contributed by atoms with van der Waals surface area (Å²) in [4.78, 5) is 0.